The number of hydrogen-bond acceptors (Lipinski definition) is 3. The first kappa shape index (κ1) is 20.4. The van der Waals surface area contributed by atoms with Crippen molar-refractivity contribution in [3.05, 3.63) is 35.6 Å². The first-order chi connectivity index (χ1) is 10.9. The topological polar surface area (TPSA) is 84.2 Å². The molecule has 0 saturated heterocycles. The molecule has 1 aliphatic rings. The fourth-order valence-electron chi connectivity index (χ4n) is 3.01. The molecule has 134 valence electrons. The quantitative estimate of drug-likeness (QED) is 0.705. The van der Waals surface area contributed by atoms with Gasteiger partial charge in [0.15, 0.2) is 0 Å². The third kappa shape index (κ3) is 5.18. The molecule has 0 spiro atoms. The van der Waals surface area contributed by atoms with Crippen LogP contribution in [0, 0.1) is 11.7 Å². The van der Waals surface area contributed by atoms with Crippen LogP contribution in [0.5, 0.6) is 0 Å². The number of benzene rings is 1. The number of nitrogens with two attached hydrogens (primary N) is 1. The van der Waals surface area contributed by atoms with Crippen LogP contribution < -0.4 is 16.4 Å². The van der Waals surface area contributed by atoms with Gasteiger partial charge in [0.05, 0.1) is 11.5 Å². The third-order valence-electron chi connectivity index (χ3n) is 4.40. The molecule has 1 saturated carbocycles. The zero-order valence-corrected chi connectivity index (χ0v) is 14.6. The molecule has 0 heterocycles. The van der Waals surface area contributed by atoms with Crippen LogP contribution in [0.1, 0.15) is 43.0 Å². The molecule has 0 radical (unpaired) electrons. The van der Waals surface area contributed by atoms with Crippen molar-refractivity contribution in [3.63, 3.8) is 0 Å². The minimum absolute atomic E-state index is 0. The molecule has 1 aromatic rings. The fourth-order valence-corrected chi connectivity index (χ4v) is 3.01. The van der Waals surface area contributed by atoms with Gasteiger partial charge in [0.25, 0.3) is 5.91 Å². The lowest BCUT2D eigenvalue weighted by atomic mass is 9.74. The normalized spacial score (nSPS) is 23.0. The molecule has 7 heteroatoms. The highest BCUT2D eigenvalue weighted by molar-refractivity contribution is 5.94. The first-order valence-electron chi connectivity index (χ1n) is 8.01. The monoisotopic (exact) mass is 357 g/mol. The first-order valence-corrected chi connectivity index (χ1v) is 8.01. The molecule has 0 aromatic heterocycles. The Bertz CT molecular complexity index is 581. The van der Waals surface area contributed by atoms with Crippen molar-refractivity contribution in [2.24, 2.45) is 11.7 Å². The van der Waals surface area contributed by atoms with Gasteiger partial charge in [-0.2, -0.15) is 0 Å². The lowest BCUT2D eigenvalue weighted by Crippen LogP contribution is -2.53. The van der Waals surface area contributed by atoms with E-state index in [0.717, 1.165) is 25.7 Å². The summed E-state index contributed by atoms with van der Waals surface area (Å²) < 4.78 is 13.5. The van der Waals surface area contributed by atoms with Gasteiger partial charge in [-0.15, -0.1) is 12.4 Å². The Kier molecular flexibility index (Phi) is 7.63. The highest BCUT2D eigenvalue weighted by Gasteiger charge is 2.37. The summed E-state index contributed by atoms with van der Waals surface area (Å²) in [6.07, 6.45) is 3.69. The summed E-state index contributed by atoms with van der Waals surface area (Å²) in [5, 5.41) is 5.40. The lowest BCUT2D eigenvalue weighted by Gasteiger charge is -2.37. The zero-order chi connectivity index (χ0) is 16.9. The van der Waals surface area contributed by atoms with E-state index < -0.39 is 17.3 Å². The van der Waals surface area contributed by atoms with Crippen LogP contribution in [0.15, 0.2) is 24.3 Å². The minimum atomic E-state index is -0.560. The molecule has 2 rings (SSSR count). The van der Waals surface area contributed by atoms with Crippen LogP contribution in [0.25, 0.3) is 0 Å². The molecule has 0 aliphatic heterocycles. The summed E-state index contributed by atoms with van der Waals surface area (Å²) in [7, 11) is 0. The molecule has 2 amide bonds. The molecule has 0 bridgehead atoms. The van der Waals surface area contributed by atoms with Gasteiger partial charge in [-0.05, 0) is 31.9 Å². The summed E-state index contributed by atoms with van der Waals surface area (Å²) in [5.41, 5.74) is 5.72. The van der Waals surface area contributed by atoms with Crippen LogP contribution in [0.4, 0.5) is 4.39 Å². The van der Waals surface area contributed by atoms with E-state index in [1.807, 2.05) is 6.92 Å². The number of halogens is 2. The van der Waals surface area contributed by atoms with E-state index in [4.69, 9.17) is 5.73 Å². The van der Waals surface area contributed by atoms with Gasteiger partial charge >= 0.3 is 0 Å². The second-order valence-electron chi connectivity index (χ2n) is 6.33. The van der Waals surface area contributed by atoms with Crippen molar-refractivity contribution in [3.8, 4) is 0 Å². The maximum absolute atomic E-state index is 13.5. The predicted molar refractivity (Wildman–Crippen MR) is 93.5 cm³/mol. The number of nitrogens with one attached hydrogen (secondary N) is 2. The zero-order valence-electron chi connectivity index (χ0n) is 13.8. The third-order valence-corrected chi connectivity index (χ3v) is 4.40. The fraction of sp³-hybridized carbons (Fsp3) is 0.529. The van der Waals surface area contributed by atoms with E-state index in [1.165, 1.54) is 18.2 Å². The second kappa shape index (κ2) is 8.99. The van der Waals surface area contributed by atoms with Crippen LogP contribution in [-0.4, -0.2) is 30.4 Å². The molecule has 2 atom stereocenters. The van der Waals surface area contributed by atoms with Crippen LogP contribution in [0.3, 0.4) is 0 Å². The number of amides is 2. The van der Waals surface area contributed by atoms with E-state index in [9.17, 15) is 14.0 Å². The van der Waals surface area contributed by atoms with E-state index >= 15 is 0 Å². The van der Waals surface area contributed by atoms with Gasteiger partial charge in [0.1, 0.15) is 5.82 Å². The highest BCUT2D eigenvalue weighted by atomic mass is 35.5. The smallest absolute Gasteiger partial charge is 0.254 e. The highest BCUT2D eigenvalue weighted by Crippen LogP contribution is 2.31. The van der Waals surface area contributed by atoms with Gasteiger partial charge < -0.3 is 16.4 Å². The van der Waals surface area contributed by atoms with Crippen molar-refractivity contribution in [1.29, 1.82) is 0 Å². The van der Waals surface area contributed by atoms with Crippen molar-refractivity contribution in [1.82, 2.24) is 10.6 Å². The Labute approximate surface area is 148 Å². The SMILES string of the molecule is CC1(N)CCCCC1C(=O)NCCNC(=O)c1ccccc1F.Cl. The molecule has 2 unspecified atom stereocenters. The van der Waals surface area contributed by atoms with Crippen LogP contribution >= 0.6 is 12.4 Å². The minimum Gasteiger partial charge on any atom is -0.354 e. The molecule has 1 aromatic carbocycles. The molecular formula is C17H25ClFN3O2. The van der Waals surface area contributed by atoms with Gasteiger partial charge in [0.2, 0.25) is 5.91 Å². The van der Waals surface area contributed by atoms with Crippen LogP contribution in [-0.2, 0) is 4.79 Å². The molecule has 4 N–H and O–H groups in total. The Morgan fingerprint density at radius 3 is 2.58 bits per heavy atom. The Balaban J connectivity index is 0.00000288. The van der Waals surface area contributed by atoms with E-state index in [2.05, 4.69) is 10.6 Å². The van der Waals surface area contributed by atoms with E-state index in [-0.39, 0.29) is 36.3 Å². The molecule has 24 heavy (non-hydrogen) atoms. The van der Waals surface area contributed by atoms with Gasteiger partial charge in [-0.3, -0.25) is 9.59 Å². The Morgan fingerprint density at radius 2 is 1.92 bits per heavy atom. The largest absolute Gasteiger partial charge is 0.354 e. The van der Waals surface area contributed by atoms with Gasteiger partial charge in [-0.25, -0.2) is 4.39 Å². The maximum Gasteiger partial charge on any atom is 0.254 e. The van der Waals surface area contributed by atoms with E-state index in [0.29, 0.717) is 6.54 Å². The average Bonchev–Trinajstić information content (AvgIpc) is 2.51. The number of carbonyl (C=O) groups excluding carboxylic acids is 2. The average molecular weight is 358 g/mol. The van der Waals surface area contributed by atoms with Crippen molar-refractivity contribution in [2.45, 2.75) is 38.1 Å². The molecular weight excluding hydrogens is 333 g/mol. The standard InChI is InChI=1S/C17H24FN3O2.ClH/c1-17(19)9-5-4-7-13(17)16(23)21-11-10-20-15(22)12-6-2-3-8-14(12)18;/h2-3,6,8,13H,4-5,7,9-11,19H2,1H3,(H,20,22)(H,21,23);1H. The van der Waals surface area contributed by atoms with Crippen molar-refractivity contribution in [2.75, 3.05) is 13.1 Å². The van der Waals surface area contributed by atoms with Crippen molar-refractivity contribution >= 4 is 24.2 Å². The molecule has 1 fully saturated rings. The molecule has 5 nitrogen and oxygen atoms in total. The summed E-state index contributed by atoms with van der Waals surface area (Å²) in [6, 6.07) is 5.79. The Morgan fingerprint density at radius 1 is 1.25 bits per heavy atom. The summed E-state index contributed by atoms with van der Waals surface area (Å²) in [6.45, 7) is 2.45. The van der Waals surface area contributed by atoms with Crippen molar-refractivity contribution < 1.29 is 14.0 Å². The lowest BCUT2D eigenvalue weighted by molar-refractivity contribution is -0.128. The number of rotatable bonds is 5. The van der Waals surface area contributed by atoms with Gasteiger partial charge in [0, 0.05) is 18.6 Å². The predicted octanol–water partition coefficient (Wildman–Crippen LogP) is 2.00. The van der Waals surface area contributed by atoms with Gasteiger partial charge in [-0.1, -0.05) is 25.0 Å². The number of carbonyl (C=O) groups is 2. The maximum atomic E-state index is 13.5. The van der Waals surface area contributed by atoms with Crippen LogP contribution in [0.2, 0.25) is 0 Å². The number of hydrogen-bond donors (Lipinski definition) is 3. The Hall–Kier alpha value is -1.66. The molecule has 1 aliphatic carbocycles. The summed E-state index contributed by atoms with van der Waals surface area (Å²) in [5.74, 6) is -1.32. The second-order valence-corrected chi connectivity index (χ2v) is 6.33. The summed E-state index contributed by atoms with van der Waals surface area (Å²) in [4.78, 5) is 24.0. The van der Waals surface area contributed by atoms with E-state index in [1.54, 1.807) is 6.07 Å². The summed E-state index contributed by atoms with van der Waals surface area (Å²) >= 11 is 0.